The van der Waals surface area contributed by atoms with E-state index in [4.69, 9.17) is 0 Å². The summed E-state index contributed by atoms with van der Waals surface area (Å²) in [4.78, 5) is 21.9. The molecule has 1 aliphatic rings. The van der Waals surface area contributed by atoms with Crippen LogP contribution in [0.5, 0.6) is 0 Å². The molecule has 6 heteroatoms. The molecule has 1 aromatic heterocycles. The Labute approximate surface area is 146 Å². The number of rotatable bonds is 5. The summed E-state index contributed by atoms with van der Waals surface area (Å²) in [7, 11) is 0. The van der Waals surface area contributed by atoms with Crippen LogP contribution in [-0.4, -0.2) is 39.2 Å². The second-order valence-corrected chi connectivity index (χ2v) is 7.04. The lowest BCUT2D eigenvalue weighted by molar-refractivity contribution is 0.0704. The van der Waals surface area contributed by atoms with Crippen LogP contribution in [0.2, 0.25) is 0 Å². The van der Waals surface area contributed by atoms with E-state index >= 15 is 0 Å². The number of aliphatic hydroxyl groups is 1. The van der Waals surface area contributed by atoms with Gasteiger partial charge in [0.05, 0.1) is 17.4 Å². The van der Waals surface area contributed by atoms with E-state index in [0.717, 1.165) is 17.8 Å². The lowest BCUT2D eigenvalue weighted by Crippen LogP contribution is -2.41. The molecule has 1 unspecified atom stereocenters. The van der Waals surface area contributed by atoms with Gasteiger partial charge in [0.2, 0.25) is 0 Å². The molecular weight excluding hydrogens is 321 g/mol. The van der Waals surface area contributed by atoms with Gasteiger partial charge in [-0.1, -0.05) is 26.0 Å². The Balaban J connectivity index is 1.76. The van der Waals surface area contributed by atoms with Gasteiger partial charge in [-0.15, -0.1) is 0 Å². The number of hydrogen-bond donors (Lipinski definition) is 2. The largest absolute Gasteiger partial charge is 0.392 e. The van der Waals surface area contributed by atoms with Crippen LogP contribution in [0.1, 0.15) is 36.5 Å². The predicted molar refractivity (Wildman–Crippen MR) is 93.9 cm³/mol. The first kappa shape index (κ1) is 17.8. The van der Waals surface area contributed by atoms with Crippen LogP contribution in [0.25, 0.3) is 0 Å². The minimum absolute atomic E-state index is 0.139. The highest BCUT2D eigenvalue weighted by Crippen LogP contribution is 2.16. The highest BCUT2D eigenvalue weighted by Gasteiger charge is 2.23. The van der Waals surface area contributed by atoms with Crippen molar-refractivity contribution in [2.45, 2.75) is 39.3 Å². The minimum atomic E-state index is -0.402. The van der Waals surface area contributed by atoms with E-state index in [9.17, 15) is 14.3 Å². The number of halogens is 1. The van der Waals surface area contributed by atoms with Crippen molar-refractivity contribution < 1.29 is 9.50 Å². The SMILES string of the molecule is CC(C)C(O)CN1CCc2nc(Cc3cccc(F)c3)[nH]c(=O)c2C1. The van der Waals surface area contributed by atoms with Gasteiger partial charge in [0.25, 0.3) is 5.56 Å². The summed E-state index contributed by atoms with van der Waals surface area (Å²) in [5.41, 5.74) is 2.12. The van der Waals surface area contributed by atoms with Crippen LogP contribution < -0.4 is 5.56 Å². The zero-order valence-corrected chi connectivity index (χ0v) is 14.6. The van der Waals surface area contributed by atoms with Crippen LogP contribution in [0.4, 0.5) is 4.39 Å². The van der Waals surface area contributed by atoms with Gasteiger partial charge in [-0.05, 0) is 23.6 Å². The smallest absolute Gasteiger partial charge is 0.255 e. The van der Waals surface area contributed by atoms with Gasteiger partial charge >= 0.3 is 0 Å². The van der Waals surface area contributed by atoms with E-state index in [2.05, 4.69) is 14.9 Å². The summed E-state index contributed by atoms with van der Waals surface area (Å²) in [6.07, 6.45) is 0.678. The van der Waals surface area contributed by atoms with Gasteiger partial charge < -0.3 is 10.1 Å². The third-order valence-corrected chi connectivity index (χ3v) is 4.67. The molecule has 0 spiro atoms. The summed E-state index contributed by atoms with van der Waals surface area (Å²) in [6.45, 7) is 5.79. The number of benzene rings is 1. The Hall–Kier alpha value is -2.05. The molecule has 5 nitrogen and oxygen atoms in total. The first-order valence-corrected chi connectivity index (χ1v) is 8.68. The molecular formula is C19H24FN3O2. The fourth-order valence-electron chi connectivity index (χ4n) is 3.09. The lowest BCUT2D eigenvalue weighted by Gasteiger charge is -2.30. The third kappa shape index (κ3) is 4.32. The van der Waals surface area contributed by atoms with Crippen molar-refractivity contribution in [1.82, 2.24) is 14.9 Å². The Bertz CT molecular complexity index is 803. The van der Waals surface area contributed by atoms with Crippen LogP contribution in [0, 0.1) is 11.7 Å². The molecule has 0 bridgehead atoms. The number of hydrogen-bond acceptors (Lipinski definition) is 4. The highest BCUT2D eigenvalue weighted by molar-refractivity contribution is 5.24. The number of H-pyrrole nitrogens is 1. The molecule has 3 rings (SSSR count). The summed E-state index contributed by atoms with van der Waals surface area (Å²) < 4.78 is 13.3. The maximum Gasteiger partial charge on any atom is 0.255 e. The predicted octanol–water partition coefficient (Wildman–Crippen LogP) is 1.87. The Morgan fingerprint density at radius 3 is 2.92 bits per heavy atom. The van der Waals surface area contributed by atoms with Crippen LogP contribution in [0.15, 0.2) is 29.1 Å². The number of nitrogens with zero attached hydrogens (tertiary/aromatic N) is 2. The molecule has 2 aromatic rings. The zero-order chi connectivity index (χ0) is 18.0. The molecule has 0 saturated carbocycles. The summed E-state index contributed by atoms with van der Waals surface area (Å²) in [6, 6.07) is 6.32. The van der Waals surface area contributed by atoms with E-state index in [1.165, 1.54) is 12.1 Å². The van der Waals surface area contributed by atoms with Crippen LogP contribution >= 0.6 is 0 Å². The maximum absolute atomic E-state index is 13.3. The zero-order valence-electron chi connectivity index (χ0n) is 14.6. The number of aromatic amines is 1. The number of nitrogens with one attached hydrogen (secondary N) is 1. The van der Waals surface area contributed by atoms with Crippen molar-refractivity contribution in [3.05, 3.63) is 63.1 Å². The second-order valence-electron chi connectivity index (χ2n) is 7.04. The van der Waals surface area contributed by atoms with Gasteiger partial charge in [0, 0.05) is 32.5 Å². The fraction of sp³-hybridized carbons (Fsp3) is 0.474. The molecule has 0 fully saturated rings. The number of aromatic nitrogens is 2. The first-order chi connectivity index (χ1) is 11.9. The maximum atomic E-state index is 13.3. The molecule has 2 N–H and O–H groups in total. The van der Waals surface area contributed by atoms with Crippen molar-refractivity contribution in [3.8, 4) is 0 Å². The summed E-state index contributed by atoms with van der Waals surface area (Å²) >= 11 is 0. The van der Waals surface area contributed by atoms with Crippen molar-refractivity contribution in [1.29, 1.82) is 0 Å². The molecule has 1 atom stereocenters. The molecule has 0 amide bonds. The topological polar surface area (TPSA) is 69.2 Å². The average Bonchev–Trinajstić information content (AvgIpc) is 2.55. The van der Waals surface area contributed by atoms with Crippen molar-refractivity contribution in [2.75, 3.05) is 13.1 Å². The number of fused-ring (bicyclic) bond motifs is 1. The number of β-amino-alcohol motifs (C(OH)–C–C–N with tert-alkyl or cyclic N) is 1. The quantitative estimate of drug-likeness (QED) is 0.868. The van der Waals surface area contributed by atoms with Crippen molar-refractivity contribution in [2.24, 2.45) is 5.92 Å². The highest BCUT2D eigenvalue weighted by atomic mass is 19.1. The van der Waals surface area contributed by atoms with E-state index in [-0.39, 0.29) is 17.3 Å². The van der Waals surface area contributed by atoms with E-state index in [0.29, 0.717) is 37.3 Å². The number of aliphatic hydroxyl groups excluding tert-OH is 1. The van der Waals surface area contributed by atoms with Crippen LogP contribution in [0.3, 0.4) is 0 Å². The molecule has 0 aliphatic carbocycles. The summed E-state index contributed by atoms with van der Waals surface area (Å²) in [5, 5.41) is 10.1. The monoisotopic (exact) mass is 345 g/mol. The van der Waals surface area contributed by atoms with E-state index in [1.54, 1.807) is 6.07 Å². The second kappa shape index (κ2) is 7.45. The Kier molecular flexibility index (Phi) is 5.30. The average molecular weight is 345 g/mol. The third-order valence-electron chi connectivity index (χ3n) is 4.67. The molecule has 134 valence electrons. The van der Waals surface area contributed by atoms with Gasteiger partial charge in [0.15, 0.2) is 0 Å². The molecule has 0 saturated heterocycles. The van der Waals surface area contributed by atoms with Gasteiger partial charge in [-0.3, -0.25) is 9.69 Å². The standard InChI is InChI=1S/C19H24FN3O2/c1-12(2)17(24)11-23-7-6-16-15(10-23)19(25)22-18(21-16)9-13-4-3-5-14(20)8-13/h3-5,8,12,17,24H,6-7,9-11H2,1-2H3,(H,21,22,25). The van der Waals surface area contributed by atoms with Gasteiger partial charge in [-0.2, -0.15) is 0 Å². The van der Waals surface area contributed by atoms with Crippen molar-refractivity contribution in [3.63, 3.8) is 0 Å². The fourth-order valence-corrected chi connectivity index (χ4v) is 3.09. The summed E-state index contributed by atoms with van der Waals surface area (Å²) in [5.74, 6) is 0.452. The van der Waals surface area contributed by atoms with Gasteiger partial charge in [-0.25, -0.2) is 9.37 Å². The molecule has 1 aliphatic heterocycles. The van der Waals surface area contributed by atoms with Gasteiger partial charge in [0.1, 0.15) is 11.6 Å². The van der Waals surface area contributed by atoms with Crippen molar-refractivity contribution >= 4 is 0 Å². The van der Waals surface area contributed by atoms with Crippen LogP contribution in [-0.2, 0) is 19.4 Å². The van der Waals surface area contributed by atoms with E-state index < -0.39 is 6.10 Å². The molecule has 25 heavy (non-hydrogen) atoms. The molecule has 0 radical (unpaired) electrons. The molecule has 2 heterocycles. The Morgan fingerprint density at radius 1 is 1.40 bits per heavy atom. The molecule has 1 aromatic carbocycles. The Morgan fingerprint density at radius 2 is 2.20 bits per heavy atom. The minimum Gasteiger partial charge on any atom is -0.392 e. The normalized spacial score (nSPS) is 16.0. The first-order valence-electron chi connectivity index (χ1n) is 8.68. The van der Waals surface area contributed by atoms with E-state index in [1.807, 2.05) is 19.9 Å². The lowest BCUT2D eigenvalue weighted by atomic mass is 10.0.